The Morgan fingerprint density at radius 1 is 1.12 bits per heavy atom. The molecule has 2 aromatic rings. The summed E-state index contributed by atoms with van der Waals surface area (Å²) in [6.45, 7) is 0.724. The molecular formula is C19H19NO4. The van der Waals surface area contributed by atoms with Gasteiger partial charge in [-0.05, 0) is 41.5 Å². The number of nitrogens with one attached hydrogen (secondary N) is 1. The predicted molar refractivity (Wildman–Crippen MR) is 92.9 cm³/mol. The molecule has 0 unspecified atom stereocenters. The molecule has 0 radical (unpaired) electrons. The van der Waals surface area contributed by atoms with Crippen LogP contribution in [-0.4, -0.2) is 26.7 Å². The maximum atomic E-state index is 12.1. The fourth-order valence-corrected chi connectivity index (χ4v) is 2.58. The minimum Gasteiger partial charge on any atom is -0.493 e. The molecule has 1 N–H and O–H groups in total. The van der Waals surface area contributed by atoms with E-state index in [1.54, 1.807) is 38.5 Å². The topological polar surface area (TPSA) is 56.8 Å². The van der Waals surface area contributed by atoms with E-state index in [0.717, 1.165) is 24.3 Å². The number of anilines is 1. The Morgan fingerprint density at radius 3 is 2.75 bits per heavy atom. The zero-order valence-corrected chi connectivity index (χ0v) is 13.7. The van der Waals surface area contributed by atoms with Crippen molar-refractivity contribution in [2.45, 2.75) is 6.42 Å². The average Bonchev–Trinajstić information content (AvgIpc) is 3.07. The average molecular weight is 325 g/mol. The van der Waals surface area contributed by atoms with Crippen molar-refractivity contribution in [2.24, 2.45) is 0 Å². The normalized spacial score (nSPS) is 12.6. The third kappa shape index (κ3) is 3.51. The van der Waals surface area contributed by atoms with E-state index >= 15 is 0 Å². The van der Waals surface area contributed by atoms with Crippen molar-refractivity contribution in [2.75, 3.05) is 26.1 Å². The minimum atomic E-state index is -0.209. The number of fused-ring (bicyclic) bond motifs is 1. The van der Waals surface area contributed by atoms with Crippen LogP contribution in [0.2, 0.25) is 0 Å². The Bertz CT molecular complexity index is 783. The molecule has 1 heterocycles. The number of carbonyl (C=O) groups excluding carboxylic acids is 1. The molecule has 0 aromatic heterocycles. The van der Waals surface area contributed by atoms with Crippen LogP contribution in [-0.2, 0) is 11.2 Å². The molecule has 0 fully saturated rings. The number of hydrogen-bond donors (Lipinski definition) is 1. The number of benzene rings is 2. The molecule has 1 aliphatic heterocycles. The first-order valence-electron chi connectivity index (χ1n) is 7.66. The lowest BCUT2D eigenvalue weighted by Gasteiger charge is -2.09. The van der Waals surface area contributed by atoms with Crippen molar-refractivity contribution in [3.63, 3.8) is 0 Å². The molecule has 124 valence electrons. The van der Waals surface area contributed by atoms with Gasteiger partial charge in [-0.1, -0.05) is 6.07 Å². The highest BCUT2D eigenvalue weighted by Crippen LogP contribution is 2.30. The molecule has 0 spiro atoms. The number of hydrogen-bond acceptors (Lipinski definition) is 4. The second kappa shape index (κ2) is 7.08. The lowest BCUT2D eigenvalue weighted by Crippen LogP contribution is -2.07. The van der Waals surface area contributed by atoms with Gasteiger partial charge in [0.1, 0.15) is 5.75 Å². The Labute approximate surface area is 140 Å². The van der Waals surface area contributed by atoms with E-state index in [4.69, 9.17) is 14.2 Å². The van der Waals surface area contributed by atoms with Crippen LogP contribution in [0.15, 0.2) is 42.5 Å². The monoisotopic (exact) mass is 325 g/mol. The molecular weight excluding hydrogens is 306 g/mol. The second-order valence-corrected chi connectivity index (χ2v) is 5.36. The van der Waals surface area contributed by atoms with E-state index < -0.39 is 0 Å². The quantitative estimate of drug-likeness (QED) is 0.857. The summed E-state index contributed by atoms with van der Waals surface area (Å²) in [6.07, 6.45) is 4.21. The van der Waals surface area contributed by atoms with Crippen LogP contribution < -0.4 is 19.5 Å². The van der Waals surface area contributed by atoms with Crippen LogP contribution in [0, 0.1) is 0 Å². The third-order valence-corrected chi connectivity index (χ3v) is 3.79. The largest absolute Gasteiger partial charge is 0.493 e. The Kier molecular flexibility index (Phi) is 4.70. The van der Waals surface area contributed by atoms with Gasteiger partial charge in [-0.25, -0.2) is 0 Å². The Hall–Kier alpha value is -2.95. The highest BCUT2D eigenvalue weighted by molar-refractivity contribution is 6.02. The van der Waals surface area contributed by atoms with Crippen LogP contribution in [0.5, 0.6) is 17.2 Å². The molecule has 0 atom stereocenters. The van der Waals surface area contributed by atoms with E-state index in [1.807, 2.05) is 18.2 Å². The lowest BCUT2D eigenvalue weighted by atomic mass is 10.1. The van der Waals surface area contributed by atoms with E-state index in [0.29, 0.717) is 17.2 Å². The van der Waals surface area contributed by atoms with Crippen molar-refractivity contribution in [3.05, 3.63) is 53.6 Å². The third-order valence-electron chi connectivity index (χ3n) is 3.79. The Balaban J connectivity index is 1.67. The minimum absolute atomic E-state index is 0.209. The molecule has 3 rings (SSSR count). The first-order valence-corrected chi connectivity index (χ1v) is 7.66. The van der Waals surface area contributed by atoms with Gasteiger partial charge in [0, 0.05) is 24.3 Å². The lowest BCUT2D eigenvalue weighted by molar-refractivity contribution is -0.111. The van der Waals surface area contributed by atoms with Crippen LogP contribution in [0.3, 0.4) is 0 Å². The van der Waals surface area contributed by atoms with Gasteiger partial charge in [-0.2, -0.15) is 0 Å². The summed E-state index contributed by atoms with van der Waals surface area (Å²) >= 11 is 0. The van der Waals surface area contributed by atoms with E-state index in [1.165, 1.54) is 11.6 Å². The number of carbonyl (C=O) groups is 1. The van der Waals surface area contributed by atoms with Gasteiger partial charge in [0.25, 0.3) is 0 Å². The molecule has 2 aromatic carbocycles. The van der Waals surface area contributed by atoms with Gasteiger partial charge >= 0.3 is 0 Å². The van der Waals surface area contributed by atoms with Gasteiger partial charge < -0.3 is 19.5 Å². The first-order chi connectivity index (χ1) is 11.7. The van der Waals surface area contributed by atoms with Crippen molar-refractivity contribution < 1.29 is 19.0 Å². The van der Waals surface area contributed by atoms with Crippen molar-refractivity contribution >= 4 is 17.7 Å². The number of rotatable bonds is 5. The molecule has 24 heavy (non-hydrogen) atoms. The predicted octanol–water partition coefficient (Wildman–Crippen LogP) is 3.29. The fourth-order valence-electron chi connectivity index (χ4n) is 2.58. The summed E-state index contributed by atoms with van der Waals surface area (Å²) in [5.41, 5.74) is 2.80. The summed E-state index contributed by atoms with van der Waals surface area (Å²) in [5.74, 6) is 1.91. The van der Waals surface area contributed by atoms with Crippen LogP contribution in [0.25, 0.3) is 6.08 Å². The SMILES string of the molecule is COc1ccc(NC(=O)/C=C/c2ccc3c(c2)CCO3)cc1OC. The van der Waals surface area contributed by atoms with Crippen LogP contribution in [0.1, 0.15) is 11.1 Å². The highest BCUT2D eigenvalue weighted by atomic mass is 16.5. The van der Waals surface area contributed by atoms with E-state index in [-0.39, 0.29) is 5.91 Å². The molecule has 0 saturated carbocycles. The molecule has 0 aliphatic carbocycles. The van der Waals surface area contributed by atoms with Crippen molar-refractivity contribution in [1.82, 2.24) is 0 Å². The zero-order chi connectivity index (χ0) is 16.9. The van der Waals surface area contributed by atoms with E-state index in [9.17, 15) is 4.79 Å². The summed E-state index contributed by atoms with van der Waals surface area (Å²) in [6, 6.07) is 11.1. The number of amides is 1. The molecule has 5 nitrogen and oxygen atoms in total. The smallest absolute Gasteiger partial charge is 0.248 e. The van der Waals surface area contributed by atoms with Gasteiger partial charge in [-0.15, -0.1) is 0 Å². The summed E-state index contributed by atoms with van der Waals surface area (Å²) in [4.78, 5) is 12.1. The Morgan fingerprint density at radius 2 is 1.96 bits per heavy atom. The molecule has 1 aliphatic rings. The van der Waals surface area contributed by atoms with E-state index in [2.05, 4.69) is 5.32 Å². The molecule has 1 amide bonds. The zero-order valence-electron chi connectivity index (χ0n) is 13.7. The van der Waals surface area contributed by atoms with Crippen LogP contribution in [0.4, 0.5) is 5.69 Å². The van der Waals surface area contributed by atoms with Gasteiger partial charge in [0.15, 0.2) is 11.5 Å². The number of ether oxygens (including phenoxy) is 3. The summed E-state index contributed by atoms with van der Waals surface area (Å²) in [5, 5.41) is 2.80. The number of methoxy groups -OCH3 is 2. The fraction of sp³-hybridized carbons (Fsp3) is 0.211. The summed E-state index contributed by atoms with van der Waals surface area (Å²) in [7, 11) is 3.13. The first kappa shape index (κ1) is 15.9. The summed E-state index contributed by atoms with van der Waals surface area (Å²) < 4.78 is 15.9. The van der Waals surface area contributed by atoms with Crippen molar-refractivity contribution in [1.29, 1.82) is 0 Å². The van der Waals surface area contributed by atoms with Crippen LogP contribution >= 0.6 is 0 Å². The highest BCUT2D eigenvalue weighted by Gasteiger charge is 2.11. The maximum absolute atomic E-state index is 12.1. The van der Waals surface area contributed by atoms with Gasteiger partial charge in [-0.3, -0.25) is 4.79 Å². The maximum Gasteiger partial charge on any atom is 0.248 e. The van der Waals surface area contributed by atoms with Gasteiger partial charge in [0.05, 0.1) is 20.8 Å². The molecule has 5 heteroatoms. The van der Waals surface area contributed by atoms with Crippen molar-refractivity contribution in [3.8, 4) is 17.2 Å². The molecule has 0 bridgehead atoms. The second-order valence-electron chi connectivity index (χ2n) is 5.36. The molecule has 0 saturated heterocycles. The van der Waals surface area contributed by atoms with Gasteiger partial charge in [0.2, 0.25) is 5.91 Å². The standard InChI is InChI=1S/C19H19NO4/c1-22-17-7-5-15(12-18(17)23-2)20-19(21)8-4-13-3-6-16-14(11-13)9-10-24-16/h3-8,11-12H,9-10H2,1-2H3,(H,20,21)/b8-4+.